The summed E-state index contributed by atoms with van der Waals surface area (Å²) in [6, 6.07) is 9.94. The molecule has 24 heavy (non-hydrogen) atoms. The number of amides is 1. The summed E-state index contributed by atoms with van der Waals surface area (Å²) in [6.07, 6.45) is 4.58. The van der Waals surface area contributed by atoms with Gasteiger partial charge in [0.2, 0.25) is 5.91 Å². The molecule has 0 fully saturated rings. The molecule has 0 unspecified atom stereocenters. The van der Waals surface area contributed by atoms with Crippen LogP contribution in [-0.4, -0.2) is 15.9 Å². The van der Waals surface area contributed by atoms with E-state index in [1.165, 1.54) is 0 Å². The van der Waals surface area contributed by atoms with Crippen molar-refractivity contribution < 1.29 is 4.79 Å². The van der Waals surface area contributed by atoms with Gasteiger partial charge in [-0.3, -0.25) is 9.78 Å². The molecule has 2 aromatic heterocycles. The lowest BCUT2D eigenvalue weighted by atomic mass is 10.1. The minimum Gasteiger partial charge on any atom is -0.326 e. The van der Waals surface area contributed by atoms with E-state index < -0.39 is 0 Å². The molecule has 0 aliphatic heterocycles. The predicted octanol–water partition coefficient (Wildman–Crippen LogP) is 4.39. The zero-order valence-corrected chi connectivity index (χ0v) is 14.6. The fraction of sp³-hybridized carbons (Fsp3) is 0.211. The number of thiazole rings is 1. The van der Waals surface area contributed by atoms with Gasteiger partial charge in [0.15, 0.2) is 0 Å². The first-order valence-electron chi connectivity index (χ1n) is 7.84. The molecule has 2 heterocycles. The second kappa shape index (κ2) is 7.36. The molecule has 3 aromatic rings. The largest absolute Gasteiger partial charge is 0.326 e. The third kappa shape index (κ3) is 4.06. The van der Waals surface area contributed by atoms with Crippen molar-refractivity contribution >= 4 is 22.9 Å². The maximum Gasteiger partial charge on any atom is 0.224 e. The van der Waals surface area contributed by atoms with Gasteiger partial charge in [-0.15, -0.1) is 11.3 Å². The Hall–Kier alpha value is -2.53. The maximum absolute atomic E-state index is 12.2. The second-order valence-electron chi connectivity index (χ2n) is 5.75. The summed E-state index contributed by atoms with van der Waals surface area (Å²) in [7, 11) is 0. The van der Waals surface area contributed by atoms with Crippen molar-refractivity contribution in [2.45, 2.75) is 26.7 Å². The lowest BCUT2D eigenvalue weighted by Gasteiger charge is -2.08. The van der Waals surface area contributed by atoms with Crippen LogP contribution in [0.15, 0.2) is 48.1 Å². The molecule has 0 atom stereocenters. The fourth-order valence-corrected chi connectivity index (χ4v) is 3.23. The molecule has 1 amide bonds. The number of carbonyl (C=O) groups excluding carboxylic acids is 1. The van der Waals surface area contributed by atoms with Gasteiger partial charge in [-0.1, -0.05) is 12.1 Å². The number of aromatic nitrogens is 2. The number of nitrogens with zero attached hydrogens (tertiary/aromatic N) is 2. The van der Waals surface area contributed by atoms with Crippen molar-refractivity contribution in [1.82, 2.24) is 9.97 Å². The molecule has 0 saturated carbocycles. The number of carbonyl (C=O) groups is 1. The molecule has 0 radical (unpaired) electrons. The standard InChI is InChI=1S/C19H19N3OS/c1-13-3-4-14(2)17(11-13)22-18(23)6-5-16-12-24-19(21-16)15-7-9-20-10-8-15/h3-4,7-12H,5-6H2,1-2H3,(H,22,23). The highest BCUT2D eigenvalue weighted by atomic mass is 32.1. The molecule has 1 aromatic carbocycles. The minimum absolute atomic E-state index is 0.0159. The Labute approximate surface area is 145 Å². The number of anilines is 1. The number of rotatable bonds is 5. The molecule has 0 bridgehead atoms. The summed E-state index contributed by atoms with van der Waals surface area (Å²) in [5, 5.41) is 5.96. The van der Waals surface area contributed by atoms with Gasteiger partial charge in [-0.05, 0) is 49.6 Å². The topological polar surface area (TPSA) is 54.9 Å². The van der Waals surface area contributed by atoms with Gasteiger partial charge in [-0.2, -0.15) is 0 Å². The molecule has 0 spiro atoms. The van der Waals surface area contributed by atoms with E-state index in [9.17, 15) is 4.79 Å². The van der Waals surface area contributed by atoms with Crippen LogP contribution in [0.4, 0.5) is 5.69 Å². The van der Waals surface area contributed by atoms with Crippen LogP contribution in [0.5, 0.6) is 0 Å². The van der Waals surface area contributed by atoms with E-state index in [-0.39, 0.29) is 5.91 Å². The number of nitrogens with one attached hydrogen (secondary N) is 1. The van der Waals surface area contributed by atoms with Crippen LogP contribution in [0.3, 0.4) is 0 Å². The number of hydrogen-bond acceptors (Lipinski definition) is 4. The van der Waals surface area contributed by atoms with Crippen molar-refractivity contribution in [2.75, 3.05) is 5.32 Å². The third-order valence-electron chi connectivity index (χ3n) is 3.75. The normalized spacial score (nSPS) is 10.6. The highest BCUT2D eigenvalue weighted by Gasteiger charge is 2.09. The summed E-state index contributed by atoms with van der Waals surface area (Å²) in [6.45, 7) is 4.02. The molecule has 3 rings (SSSR count). The van der Waals surface area contributed by atoms with Gasteiger partial charge in [0, 0.05) is 35.4 Å². The lowest BCUT2D eigenvalue weighted by Crippen LogP contribution is -2.13. The lowest BCUT2D eigenvalue weighted by molar-refractivity contribution is -0.116. The summed E-state index contributed by atoms with van der Waals surface area (Å²) < 4.78 is 0. The van der Waals surface area contributed by atoms with Crippen molar-refractivity contribution in [1.29, 1.82) is 0 Å². The van der Waals surface area contributed by atoms with E-state index in [4.69, 9.17) is 0 Å². The molecule has 0 saturated heterocycles. The fourth-order valence-electron chi connectivity index (χ4n) is 2.37. The minimum atomic E-state index is 0.0159. The Bertz CT molecular complexity index is 843. The zero-order valence-electron chi connectivity index (χ0n) is 13.7. The first-order chi connectivity index (χ1) is 11.6. The van der Waals surface area contributed by atoms with E-state index in [1.807, 2.05) is 49.6 Å². The van der Waals surface area contributed by atoms with Gasteiger partial charge in [0.05, 0.1) is 5.69 Å². The van der Waals surface area contributed by atoms with Crippen molar-refractivity contribution in [3.8, 4) is 10.6 Å². The Balaban J connectivity index is 1.59. The van der Waals surface area contributed by atoms with E-state index in [0.717, 1.165) is 33.1 Å². The van der Waals surface area contributed by atoms with Crippen LogP contribution >= 0.6 is 11.3 Å². The van der Waals surface area contributed by atoms with Crippen LogP contribution in [0.1, 0.15) is 23.2 Å². The Morgan fingerprint density at radius 3 is 2.75 bits per heavy atom. The number of benzene rings is 1. The van der Waals surface area contributed by atoms with Gasteiger partial charge >= 0.3 is 0 Å². The molecular formula is C19H19N3OS. The summed E-state index contributed by atoms with van der Waals surface area (Å²) in [5.41, 5.74) is 5.10. The molecule has 0 aliphatic rings. The maximum atomic E-state index is 12.2. The number of pyridine rings is 1. The van der Waals surface area contributed by atoms with Crippen LogP contribution in [0.2, 0.25) is 0 Å². The monoisotopic (exact) mass is 337 g/mol. The number of aryl methyl sites for hydroxylation is 3. The SMILES string of the molecule is Cc1ccc(C)c(NC(=O)CCc2csc(-c3ccncc3)n2)c1. The average Bonchev–Trinajstić information content (AvgIpc) is 3.06. The van der Waals surface area contributed by atoms with E-state index >= 15 is 0 Å². The first-order valence-corrected chi connectivity index (χ1v) is 8.72. The van der Waals surface area contributed by atoms with Gasteiger partial charge in [-0.25, -0.2) is 4.98 Å². The zero-order chi connectivity index (χ0) is 16.9. The van der Waals surface area contributed by atoms with Crippen molar-refractivity contribution in [3.63, 3.8) is 0 Å². The van der Waals surface area contributed by atoms with E-state index in [0.29, 0.717) is 12.8 Å². The van der Waals surface area contributed by atoms with Crippen molar-refractivity contribution in [2.24, 2.45) is 0 Å². The van der Waals surface area contributed by atoms with Gasteiger partial charge in [0.25, 0.3) is 0 Å². The van der Waals surface area contributed by atoms with E-state index in [1.54, 1.807) is 23.7 Å². The van der Waals surface area contributed by atoms with Crippen LogP contribution in [-0.2, 0) is 11.2 Å². The van der Waals surface area contributed by atoms with Crippen molar-refractivity contribution in [3.05, 3.63) is 64.9 Å². The highest BCUT2D eigenvalue weighted by molar-refractivity contribution is 7.13. The second-order valence-corrected chi connectivity index (χ2v) is 6.60. The average molecular weight is 337 g/mol. The molecular weight excluding hydrogens is 318 g/mol. The molecule has 5 heteroatoms. The smallest absolute Gasteiger partial charge is 0.224 e. The number of hydrogen-bond donors (Lipinski definition) is 1. The first kappa shape index (κ1) is 16.3. The highest BCUT2D eigenvalue weighted by Crippen LogP contribution is 2.23. The van der Waals surface area contributed by atoms with Crippen LogP contribution in [0.25, 0.3) is 10.6 Å². The molecule has 1 N–H and O–H groups in total. The van der Waals surface area contributed by atoms with Crippen LogP contribution < -0.4 is 5.32 Å². The summed E-state index contributed by atoms with van der Waals surface area (Å²) >= 11 is 1.59. The Morgan fingerprint density at radius 2 is 1.96 bits per heavy atom. The van der Waals surface area contributed by atoms with E-state index in [2.05, 4.69) is 15.3 Å². The third-order valence-corrected chi connectivity index (χ3v) is 4.69. The Kier molecular flexibility index (Phi) is 5.01. The predicted molar refractivity (Wildman–Crippen MR) is 98.2 cm³/mol. The summed E-state index contributed by atoms with van der Waals surface area (Å²) in [4.78, 5) is 20.8. The molecule has 122 valence electrons. The molecule has 4 nitrogen and oxygen atoms in total. The van der Waals surface area contributed by atoms with Gasteiger partial charge < -0.3 is 5.32 Å². The Morgan fingerprint density at radius 1 is 1.17 bits per heavy atom. The quantitative estimate of drug-likeness (QED) is 0.751. The molecule has 0 aliphatic carbocycles. The van der Waals surface area contributed by atoms with Crippen LogP contribution in [0, 0.1) is 13.8 Å². The summed E-state index contributed by atoms with van der Waals surface area (Å²) in [5.74, 6) is 0.0159. The van der Waals surface area contributed by atoms with Gasteiger partial charge in [0.1, 0.15) is 5.01 Å².